The van der Waals surface area contributed by atoms with E-state index >= 15 is 0 Å². The van der Waals surface area contributed by atoms with Crippen LogP contribution in [0, 0.1) is 0 Å². The summed E-state index contributed by atoms with van der Waals surface area (Å²) in [7, 11) is 3.20. The first-order valence-corrected chi connectivity index (χ1v) is 6.46. The van der Waals surface area contributed by atoms with Crippen molar-refractivity contribution in [2.45, 2.75) is 45.4 Å². The molecule has 2 atom stereocenters. The van der Waals surface area contributed by atoms with Gasteiger partial charge in [-0.2, -0.15) is 0 Å². The third-order valence-electron chi connectivity index (χ3n) is 2.89. The second-order valence-electron chi connectivity index (χ2n) is 5.74. The molecule has 4 heteroatoms. The lowest BCUT2D eigenvalue weighted by molar-refractivity contribution is 0.118. The number of hydrogen-bond donors (Lipinski definition) is 2. The molecule has 0 aromatic heterocycles. The fraction of sp³-hybridized carbons (Fsp3) is 0.600. The van der Waals surface area contributed by atoms with Gasteiger partial charge in [-0.3, -0.25) is 0 Å². The molecule has 0 saturated carbocycles. The number of benzene rings is 1. The van der Waals surface area contributed by atoms with Gasteiger partial charge in [0.15, 0.2) is 0 Å². The SMILES string of the molecule is COc1ccc(OC)c([C@H](O)[C@@H](C)NC(C)(C)C)c1. The summed E-state index contributed by atoms with van der Waals surface area (Å²) >= 11 is 0. The van der Waals surface area contributed by atoms with Gasteiger partial charge in [-0.05, 0) is 45.9 Å². The van der Waals surface area contributed by atoms with E-state index in [1.807, 2.05) is 19.1 Å². The molecule has 0 aliphatic carbocycles. The van der Waals surface area contributed by atoms with Crippen molar-refractivity contribution in [3.05, 3.63) is 23.8 Å². The maximum Gasteiger partial charge on any atom is 0.124 e. The van der Waals surface area contributed by atoms with Gasteiger partial charge in [0.05, 0.1) is 20.3 Å². The van der Waals surface area contributed by atoms with Crippen LogP contribution >= 0.6 is 0 Å². The lowest BCUT2D eigenvalue weighted by Crippen LogP contribution is -2.45. The van der Waals surface area contributed by atoms with E-state index in [1.165, 1.54) is 0 Å². The van der Waals surface area contributed by atoms with Gasteiger partial charge in [0.1, 0.15) is 11.5 Å². The molecule has 2 N–H and O–H groups in total. The lowest BCUT2D eigenvalue weighted by atomic mass is 9.99. The van der Waals surface area contributed by atoms with Gasteiger partial charge in [-0.25, -0.2) is 0 Å². The molecule has 0 unspecified atom stereocenters. The molecule has 1 aromatic rings. The van der Waals surface area contributed by atoms with Crippen LogP contribution in [0.1, 0.15) is 39.4 Å². The average Bonchev–Trinajstić information content (AvgIpc) is 2.35. The largest absolute Gasteiger partial charge is 0.497 e. The summed E-state index contributed by atoms with van der Waals surface area (Å²) in [5, 5.41) is 13.8. The summed E-state index contributed by atoms with van der Waals surface area (Å²) in [5.74, 6) is 1.37. The predicted octanol–water partition coefficient (Wildman–Crippen LogP) is 2.51. The van der Waals surface area contributed by atoms with Crippen molar-refractivity contribution >= 4 is 0 Å². The van der Waals surface area contributed by atoms with Crippen LogP contribution in [0.25, 0.3) is 0 Å². The molecular weight excluding hydrogens is 242 g/mol. The van der Waals surface area contributed by atoms with Crippen LogP contribution in [0.5, 0.6) is 11.5 Å². The fourth-order valence-corrected chi connectivity index (χ4v) is 2.10. The Balaban J connectivity index is 2.99. The molecule has 0 amide bonds. The number of aliphatic hydroxyl groups is 1. The van der Waals surface area contributed by atoms with Crippen molar-refractivity contribution in [1.29, 1.82) is 0 Å². The minimum Gasteiger partial charge on any atom is -0.497 e. The third-order valence-corrected chi connectivity index (χ3v) is 2.89. The van der Waals surface area contributed by atoms with E-state index in [1.54, 1.807) is 20.3 Å². The topological polar surface area (TPSA) is 50.7 Å². The van der Waals surface area contributed by atoms with Crippen molar-refractivity contribution in [3.8, 4) is 11.5 Å². The molecule has 0 aliphatic rings. The summed E-state index contributed by atoms with van der Waals surface area (Å²) < 4.78 is 10.5. The van der Waals surface area contributed by atoms with Gasteiger partial charge in [0.2, 0.25) is 0 Å². The Morgan fingerprint density at radius 3 is 2.26 bits per heavy atom. The summed E-state index contributed by atoms with van der Waals surface area (Å²) in [6.45, 7) is 8.16. The maximum absolute atomic E-state index is 10.5. The van der Waals surface area contributed by atoms with E-state index in [0.29, 0.717) is 11.5 Å². The Bertz CT molecular complexity index is 412. The molecule has 1 aromatic carbocycles. The normalized spacial score (nSPS) is 14.9. The zero-order valence-corrected chi connectivity index (χ0v) is 12.7. The summed E-state index contributed by atoms with van der Waals surface area (Å²) in [4.78, 5) is 0. The van der Waals surface area contributed by atoms with Crippen LogP contribution in [-0.2, 0) is 0 Å². The highest BCUT2D eigenvalue weighted by atomic mass is 16.5. The molecule has 0 radical (unpaired) electrons. The highest BCUT2D eigenvalue weighted by Crippen LogP contribution is 2.31. The third kappa shape index (κ3) is 4.40. The molecule has 0 saturated heterocycles. The monoisotopic (exact) mass is 267 g/mol. The Morgan fingerprint density at radius 1 is 1.16 bits per heavy atom. The molecule has 0 heterocycles. The smallest absolute Gasteiger partial charge is 0.124 e. The zero-order valence-electron chi connectivity index (χ0n) is 12.7. The summed E-state index contributed by atoms with van der Waals surface area (Å²) in [6, 6.07) is 5.34. The number of hydrogen-bond acceptors (Lipinski definition) is 4. The van der Waals surface area contributed by atoms with Gasteiger partial charge in [0, 0.05) is 17.1 Å². The highest BCUT2D eigenvalue weighted by Gasteiger charge is 2.24. The van der Waals surface area contributed by atoms with Crippen LogP contribution in [0.2, 0.25) is 0 Å². The van der Waals surface area contributed by atoms with Gasteiger partial charge < -0.3 is 19.9 Å². The van der Waals surface area contributed by atoms with Gasteiger partial charge in [-0.15, -0.1) is 0 Å². The molecule has 108 valence electrons. The molecule has 0 fully saturated rings. The van der Waals surface area contributed by atoms with Crippen molar-refractivity contribution in [2.24, 2.45) is 0 Å². The molecule has 0 bridgehead atoms. The highest BCUT2D eigenvalue weighted by molar-refractivity contribution is 5.42. The van der Waals surface area contributed by atoms with Crippen LogP contribution in [-0.4, -0.2) is 30.9 Å². The Morgan fingerprint density at radius 2 is 1.79 bits per heavy atom. The second kappa shape index (κ2) is 6.26. The number of rotatable bonds is 5. The number of methoxy groups -OCH3 is 2. The second-order valence-corrected chi connectivity index (χ2v) is 5.74. The molecule has 19 heavy (non-hydrogen) atoms. The number of ether oxygens (including phenoxy) is 2. The lowest BCUT2D eigenvalue weighted by Gasteiger charge is -2.30. The van der Waals surface area contributed by atoms with Crippen molar-refractivity contribution < 1.29 is 14.6 Å². The standard InChI is InChI=1S/C15H25NO3/c1-10(16-15(2,3)4)14(17)12-9-11(18-5)7-8-13(12)19-6/h7-10,14,16-17H,1-6H3/t10-,14-/m1/s1. The van der Waals surface area contributed by atoms with Crippen molar-refractivity contribution in [2.75, 3.05) is 14.2 Å². The molecule has 0 spiro atoms. The molecule has 0 aliphatic heterocycles. The number of nitrogens with one attached hydrogen (secondary N) is 1. The summed E-state index contributed by atoms with van der Waals surface area (Å²) in [6.07, 6.45) is -0.663. The van der Waals surface area contributed by atoms with E-state index in [0.717, 1.165) is 5.56 Å². The zero-order chi connectivity index (χ0) is 14.6. The first-order valence-electron chi connectivity index (χ1n) is 6.46. The van der Waals surface area contributed by atoms with E-state index in [2.05, 4.69) is 26.1 Å². The van der Waals surface area contributed by atoms with E-state index in [9.17, 15) is 5.11 Å². The Hall–Kier alpha value is -1.26. The van der Waals surface area contributed by atoms with Crippen molar-refractivity contribution in [1.82, 2.24) is 5.32 Å². The van der Waals surface area contributed by atoms with E-state index in [-0.39, 0.29) is 11.6 Å². The van der Waals surface area contributed by atoms with Crippen LogP contribution in [0.3, 0.4) is 0 Å². The van der Waals surface area contributed by atoms with E-state index in [4.69, 9.17) is 9.47 Å². The maximum atomic E-state index is 10.5. The van der Waals surface area contributed by atoms with Crippen LogP contribution in [0.4, 0.5) is 0 Å². The molecule has 1 rings (SSSR count). The van der Waals surface area contributed by atoms with E-state index < -0.39 is 6.10 Å². The first-order chi connectivity index (χ1) is 8.78. The minimum atomic E-state index is -0.663. The quantitative estimate of drug-likeness (QED) is 0.860. The average molecular weight is 267 g/mol. The Labute approximate surface area is 115 Å². The summed E-state index contributed by atoms with van der Waals surface area (Å²) in [5.41, 5.74) is 0.665. The predicted molar refractivity (Wildman–Crippen MR) is 76.9 cm³/mol. The van der Waals surface area contributed by atoms with Crippen molar-refractivity contribution in [3.63, 3.8) is 0 Å². The fourth-order valence-electron chi connectivity index (χ4n) is 2.10. The van der Waals surface area contributed by atoms with Crippen LogP contribution < -0.4 is 14.8 Å². The number of aliphatic hydroxyl groups excluding tert-OH is 1. The van der Waals surface area contributed by atoms with Gasteiger partial charge in [0.25, 0.3) is 0 Å². The Kier molecular flexibility index (Phi) is 5.20. The minimum absolute atomic E-state index is 0.0630. The van der Waals surface area contributed by atoms with Crippen LogP contribution in [0.15, 0.2) is 18.2 Å². The van der Waals surface area contributed by atoms with Gasteiger partial charge >= 0.3 is 0 Å². The molecule has 4 nitrogen and oxygen atoms in total. The molecular formula is C15H25NO3. The first kappa shape index (κ1) is 15.8. The van der Waals surface area contributed by atoms with Gasteiger partial charge in [-0.1, -0.05) is 0 Å².